The van der Waals surface area contributed by atoms with E-state index in [0.29, 0.717) is 37.9 Å². The van der Waals surface area contributed by atoms with E-state index >= 15 is 0 Å². The van der Waals surface area contributed by atoms with E-state index in [1.807, 2.05) is 0 Å². The summed E-state index contributed by atoms with van der Waals surface area (Å²) in [6, 6.07) is 0. The summed E-state index contributed by atoms with van der Waals surface area (Å²) in [5.41, 5.74) is 0. The Morgan fingerprint density at radius 3 is 1.86 bits per heavy atom. The Morgan fingerprint density at radius 1 is 0.771 bits per heavy atom. The molecule has 0 saturated carbocycles. The second-order valence-corrected chi connectivity index (χ2v) is 9.97. The lowest BCUT2D eigenvalue weighted by Crippen LogP contribution is -2.63. The van der Waals surface area contributed by atoms with Crippen LogP contribution < -0.4 is 0 Å². The molecule has 2 saturated heterocycles. The predicted molar refractivity (Wildman–Crippen MR) is 120 cm³/mol. The monoisotopic (exact) mass is 530 g/mol. The van der Waals surface area contributed by atoms with Crippen LogP contribution in [-0.4, -0.2) is 138 Å². The number of rotatable bonds is 14. The molecule has 1 unspecified atom stereocenters. The van der Waals surface area contributed by atoms with Crippen molar-refractivity contribution in [2.45, 2.75) is 93.5 Å². The topological polar surface area (TPSA) is 227 Å². The van der Waals surface area contributed by atoms with Gasteiger partial charge >= 0.3 is 5.97 Å². The minimum atomic E-state index is -1.74. The van der Waals surface area contributed by atoms with E-state index in [1.54, 1.807) is 0 Å². The maximum atomic E-state index is 11.4. The van der Waals surface area contributed by atoms with Crippen LogP contribution in [0.2, 0.25) is 0 Å². The number of aliphatic hydroxyl groups is 8. The van der Waals surface area contributed by atoms with Gasteiger partial charge < -0.3 is 60.2 Å². The number of thioether (sulfide) groups is 1. The first kappa shape index (κ1) is 30.6. The lowest BCUT2D eigenvalue weighted by Gasteiger charge is -2.44. The first-order valence-electron chi connectivity index (χ1n) is 11.7. The van der Waals surface area contributed by atoms with Crippen LogP contribution in [0.3, 0.4) is 0 Å². The molecule has 9 N–H and O–H groups in total. The number of hydrogen-bond donors (Lipinski definition) is 9. The van der Waals surface area contributed by atoms with Crippen LogP contribution in [0, 0.1) is 5.92 Å². The third kappa shape index (κ3) is 8.45. The van der Waals surface area contributed by atoms with Gasteiger partial charge in [0, 0.05) is 12.4 Å². The summed E-state index contributed by atoms with van der Waals surface area (Å²) < 4.78 is 16.2. The Bertz CT molecular complexity index is 626. The molecule has 2 aliphatic heterocycles. The number of ether oxygens (including phenoxy) is 3. The highest BCUT2D eigenvalue weighted by molar-refractivity contribution is 7.99. The maximum absolute atomic E-state index is 11.4. The standard InChI is InChI=1S/C21H38O13S/c22-6-2-1-4-10(19(30)31)5-3-7-35-9-12-14(25)16(27)18(29)21(33-12)34-20-17(28)15(26)13(24)11(8-23)32-20/h10-18,20-29H,1-9H2,(H,30,31)/t10?,11-,12-,13-,14-,15+,16+,17-,18-,20-,21-/m1/s1. The smallest absolute Gasteiger partial charge is 0.306 e. The van der Waals surface area contributed by atoms with Crippen molar-refractivity contribution in [1.29, 1.82) is 0 Å². The lowest BCUT2D eigenvalue weighted by molar-refractivity contribution is -0.373. The van der Waals surface area contributed by atoms with Crippen molar-refractivity contribution in [1.82, 2.24) is 0 Å². The Kier molecular flexibility index (Phi) is 13.1. The summed E-state index contributed by atoms with van der Waals surface area (Å²) in [6.07, 6.45) is -12.5. The molecule has 0 radical (unpaired) electrons. The molecule has 0 aromatic rings. The van der Waals surface area contributed by atoms with Gasteiger partial charge in [0.1, 0.15) is 42.7 Å². The molecule has 14 heteroatoms. The van der Waals surface area contributed by atoms with Gasteiger partial charge in [-0.25, -0.2) is 0 Å². The number of aliphatic hydroxyl groups excluding tert-OH is 8. The number of carbonyl (C=O) groups is 1. The van der Waals surface area contributed by atoms with E-state index < -0.39 is 79.9 Å². The van der Waals surface area contributed by atoms with Crippen molar-refractivity contribution < 1.29 is 65.0 Å². The quantitative estimate of drug-likeness (QED) is 0.102. The third-order valence-electron chi connectivity index (χ3n) is 6.22. The molecule has 2 rings (SSSR count). The highest BCUT2D eigenvalue weighted by Crippen LogP contribution is 2.29. The van der Waals surface area contributed by atoms with Crippen molar-refractivity contribution in [2.24, 2.45) is 5.92 Å². The number of aliphatic carboxylic acids is 1. The molecule has 13 nitrogen and oxygen atoms in total. The van der Waals surface area contributed by atoms with Crippen LogP contribution in [0.25, 0.3) is 0 Å². The Labute approximate surface area is 207 Å². The number of hydrogen-bond acceptors (Lipinski definition) is 13. The molecule has 2 aliphatic rings. The zero-order valence-electron chi connectivity index (χ0n) is 19.3. The molecule has 2 fully saturated rings. The molecule has 35 heavy (non-hydrogen) atoms. The fraction of sp³-hybridized carbons (Fsp3) is 0.952. The largest absolute Gasteiger partial charge is 0.481 e. The van der Waals surface area contributed by atoms with Crippen molar-refractivity contribution in [3.63, 3.8) is 0 Å². The first-order valence-corrected chi connectivity index (χ1v) is 12.8. The van der Waals surface area contributed by atoms with E-state index in [0.717, 1.165) is 0 Å². The van der Waals surface area contributed by atoms with Gasteiger partial charge in [-0.3, -0.25) is 4.79 Å². The zero-order valence-corrected chi connectivity index (χ0v) is 20.1. The SMILES string of the molecule is O=C(O)C(CCCCO)CCCSC[C@H]1O[C@H](O[C@H]2O[C@H](CO)[C@@H](O)[C@H](O)[C@H]2O)[C@H](O)[C@@H](O)[C@@H]1O. The predicted octanol–water partition coefficient (Wildman–Crippen LogP) is -3.01. The van der Waals surface area contributed by atoms with Crippen LogP contribution in [0.15, 0.2) is 0 Å². The van der Waals surface area contributed by atoms with Gasteiger partial charge in [-0.1, -0.05) is 6.42 Å². The van der Waals surface area contributed by atoms with Crippen LogP contribution in [0.5, 0.6) is 0 Å². The van der Waals surface area contributed by atoms with Gasteiger partial charge in [-0.2, -0.15) is 11.8 Å². The molecule has 0 bridgehead atoms. The van der Waals surface area contributed by atoms with Gasteiger partial charge in [-0.05, 0) is 31.4 Å². The maximum Gasteiger partial charge on any atom is 0.306 e. The van der Waals surface area contributed by atoms with Crippen molar-refractivity contribution in [3.8, 4) is 0 Å². The highest BCUT2D eigenvalue weighted by Gasteiger charge is 2.49. The molecule has 0 aliphatic carbocycles. The second-order valence-electron chi connectivity index (χ2n) is 8.82. The Morgan fingerprint density at radius 2 is 1.31 bits per heavy atom. The summed E-state index contributed by atoms with van der Waals surface area (Å²) >= 11 is 1.35. The molecule has 0 spiro atoms. The third-order valence-corrected chi connectivity index (χ3v) is 7.36. The molecule has 206 valence electrons. The molecule has 0 amide bonds. The average molecular weight is 531 g/mol. The number of unbranched alkanes of at least 4 members (excludes halogenated alkanes) is 1. The zero-order chi connectivity index (χ0) is 26.1. The van der Waals surface area contributed by atoms with Crippen LogP contribution in [0.4, 0.5) is 0 Å². The summed E-state index contributed by atoms with van der Waals surface area (Å²) in [6.45, 7) is -0.656. The Hall–Kier alpha value is -0.620. The lowest BCUT2D eigenvalue weighted by atomic mass is 9.97. The minimum Gasteiger partial charge on any atom is -0.481 e. The van der Waals surface area contributed by atoms with E-state index in [-0.39, 0.29) is 12.4 Å². The van der Waals surface area contributed by atoms with Crippen molar-refractivity contribution in [2.75, 3.05) is 24.7 Å². The van der Waals surface area contributed by atoms with Crippen molar-refractivity contribution >= 4 is 17.7 Å². The summed E-state index contributed by atoms with van der Waals surface area (Å²) in [7, 11) is 0. The highest BCUT2D eigenvalue weighted by atomic mass is 32.2. The van der Waals surface area contributed by atoms with E-state index in [2.05, 4.69) is 0 Å². The molecule has 11 atom stereocenters. The molecular weight excluding hydrogens is 492 g/mol. The number of carboxylic acids is 1. The average Bonchev–Trinajstić information content (AvgIpc) is 2.83. The summed E-state index contributed by atoms with van der Waals surface area (Å²) in [5, 5.41) is 88.1. The number of carboxylic acid groups (broad SMARTS) is 1. The fourth-order valence-corrected chi connectivity index (χ4v) is 5.05. The molecule has 0 aromatic carbocycles. The normalized spacial score (nSPS) is 38.9. The van der Waals surface area contributed by atoms with Gasteiger partial charge in [0.05, 0.1) is 18.6 Å². The van der Waals surface area contributed by atoms with Gasteiger partial charge in [0.25, 0.3) is 0 Å². The van der Waals surface area contributed by atoms with E-state index in [1.165, 1.54) is 11.8 Å². The molecular formula is C21H38O13S. The van der Waals surface area contributed by atoms with Gasteiger partial charge in [0.2, 0.25) is 0 Å². The van der Waals surface area contributed by atoms with E-state index in [9.17, 15) is 45.6 Å². The van der Waals surface area contributed by atoms with Crippen molar-refractivity contribution in [3.05, 3.63) is 0 Å². The fourth-order valence-electron chi connectivity index (χ4n) is 4.00. The molecule has 0 aromatic heterocycles. The van der Waals surface area contributed by atoms with Gasteiger partial charge in [0.15, 0.2) is 12.6 Å². The second kappa shape index (κ2) is 15.0. The molecule has 2 heterocycles. The summed E-state index contributed by atoms with van der Waals surface area (Å²) in [4.78, 5) is 11.4. The first-order chi connectivity index (χ1) is 16.6. The summed E-state index contributed by atoms with van der Waals surface area (Å²) in [5.74, 6) is -0.661. The van der Waals surface area contributed by atoms with Crippen LogP contribution in [-0.2, 0) is 19.0 Å². The minimum absolute atomic E-state index is 0.0214. The van der Waals surface area contributed by atoms with Gasteiger partial charge in [-0.15, -0.1) is 0 Å². The van der Waals surface area contributed by atoms with E-state index in [4.69, 9.17) is 19.3 Å². The Balaban J connectivity index is 1.85. The van der Waals surface area contributed by atoms with Crippen LogP contribution in [0.1, 0.15) is 32.1 Å². The van der Waals surface area contributed by atoms with Crippen LogP contribution >= 0.6 is 11.8 Å².